The second kappa shape index (κ2) is 21.6. The van der Waals surface area contributed by atoms with Crippen LogP contribution in [0, 0.1) is 0 Å². The zero-order chi connectivity index (χ0) is 40.6. The molecule has 0 radical (unpaired) electrons. The maximum Gasteiger partial charge on any atom is 0.217 e. The number of hydrogen-bond acceptors (Lipinski definition) is 20. The van der Waals surface area contributed by atoms with Crippen molar-refractivity contribution in [1.29, 1.82) is 0 Å². The van der Waals surface area contributed by atoms with Gasteiger partial charge in [0, 0.05) is 13.5 Å². The van der Waals surface area contributed by atoms with Gasteiger partial charge in [0.25, 0.3) is 0 Å². The standard InChI is InChI=1S/C34H61NO20/c1-4-5-6-7-8-9-10-48-34-30(55-32-26(46)25(45)20(40)14(2)49-32)29(23(43)18(13-38)52-34)54-33-27(47)28(22(42)17(12-37)51-33)53-31-19(35-15(3)39)24(44)21(41)16(11-36)50-31/h14,16-34,36-38,40-47H,4-13H2,1-3H3,(H,35,39)/t14-,16+,17+,18+,19+,20+,21-,22-,23-,24+,25+,26-,27+,28-,29-,30+,31-,32+,33+,34+/m0/s1. The average Bonchev–Trinajstić information content (AvgIpc) is 3.16. The van der Waals surface area contributed by atoms with Crippen LogP contribution in [0.4, 0.5) is 0 Å². The number of carbonyl (C=O) groups excluding carboxylic acids is 1. The van der Waals surface area contributed by atoms with Crippen molar-refractivity contribution in [2.24, 2.45) is 0 Å². The highest BCUT2D eigenvalue weighted by Crippen LogP contribution is 2.35. The molecule has 4 aliphatic heterocycles. The first-order valence-corrected chi connectivity index (χ1v) is 18.9. The number of ether oxygens (including phenoxy) is 8. The van der Waals surface area contributed by atoms with E-state index >= 15 is 0 Å². The zero-order valence-electron chi connectivity index (χ0n) is 31.2. The number of carbonyl (C=O) groups is 1. The summed E-state index contributed by atoms with van der Waals surface area (Å²) in [6, 6.07) is -1.48. The van der Waals surface area contributed by atoms with Crippen LogP contribution in [0.5, 0.6) is 0 Å². The van der Waals surface area contributed by atoms with Crippen molar-refractivity contribution >= 4 is 5.91 Å². The molecule has 20 atom stereocenters. The third-order valence-electron chi connectivity index (χ3n) is 10.3. The molecular formula is C34H61NO20. The van der Waals surface area contributed by atoms with E-state index < -0.39 is 148 Å². The van der Waals surface area contributed by atoms with E-state index in [1.165, 1.54) is 6.92 Å². The van der Waals surface area contributed by atoms with Gasteiger partial charge < -0.3 is 99.4 Å². The molecule has 1 amide bonds. The first-order chi connectivity index (χ1) is 26.2. The Morgan fingerprint density at radius 1 is 0.545 bits per heavy atom. The van der Waals surface area contributed by atoms with Crippen molar-refractivity contribution in [3.8, 4) is 0 Å². The molecule has 0 aromatic carbocycles. The Balaban J connectivity index is 1.62. The first-order valence-electron chi connectivity index (χ1n) is 18.9. The van der Waals surface area contributed by atoms with Gasteiger partial charge >= 0.3 is 0 Å². The molecule has 4 rings (SSSR count). The molecule has 4 fully saturated rings. The SMILES string of the molecule is CCCCCCCCO[C@@H]1O[C@H](CO)[C@H](O)[C@H](O[C@H]2O[C@H](CO)[C@H](O)[C@H](O[C@@H]3O[C@H](CO)[C@H](O)[C@H](O)[C@H]3NC(C)=O)[C@H]2O)[C@H]1O[C@H]1O[C@@H](C)[C@@H](O)[C@@H](O)[C@@H]1O. The molecule has 0 spiro atoms. The van der Waals surface area contributed by atoms with Gasteiger partial charge in [-0.2, -0.15) is 0 Å². The molecule has 21 nitrogen and oxygen atoms in total. The Bertz CT molecular complexity index is 1140. The van der Waals surface area contributed by atoms with Crippen LogP contribution in [0.25, 0.3) is 0 Å². The Kier molecular flexibility index (Phi) is 18.3. The van der Waals surface area contributed by atoms with E-state index in [2.05, 4.69) is 12.2 Å². The molecule has 21 heteroatoms. The molecule has 322 valence electrons. The summed E-state index contributed by atoms with van der Waals surface area (Å²) in [6.07, 6.45) is -25.5. The molecule has 0 unspecified atom stereocenters. The number of rotatable bonds is 18. The third-order valence-corrected chi connectivity index (χ3v) is 10.3. The highest BCUT2D eigenvalue weighted by Gasteiger charge is 2.56. The summed E-state index contributed by atoms with van der Waals surface area (Å²) >= 11 is 0. The predicted molar refractivity (Wildman–Crippen MR) is 181 cm³/mol. The van der Waals surface area contributed by atoms with Crippen LogP contribution in [-0.2, 0) is 42.7 Å². The van der Waals surface area contributed by atoms with Crippen LogP contribution >= 0.6 is 0 Å². The first kappa shape index (κ1) is 46.4. The van der Waals surface area contributed by atoms with Crippen molar-refractivity contribution in [2.75, 3.05) is 26.4 Å². The largest absolute Gasteiger partial charge is 0.394 e. The van der Waals surface area contributed by atoms with Crippen LogP contribution in [0.3, 0.4) is 0 Å². The van der Waals surface area contributed by atoms with Gasteiger partial charge in [0.1, 0.15) is 91.5 Å². The van der Waals surface area contributed by atoms with Gasteiger partial charge in [0.2, 0.25) is 5.91 Å². The van der Waals surface area contributed by atoms with E-state index in [-0.39, 0.29) is 6.61 Å². The minimum Gasteiger partial charge on any atom is -0.394 e. The lowest BCUT2D eigenvalue weighted by atomic mass is 9.95. The molecule has 4 heterocycles. The molecule has 0 aromatic rings. The highest BCUT2D eigenvalue weighted by atomic mass is 16.8. The van der Waals surface area contributed by atoms with E-state index in [9.17, 15) is 61.0 Å². The maximum atomic E-state index is 12.0. The molecule has 0 aromatic heterocycles. The molecule has 0 aliphatic carbocycles. The van der Waals surface area contributed by atoms with Crippen LogP contribution in [0.15, 0.2) is 0 Å². The van der Waals surface area contributed by atoms with Gasteiger partial charge in [0.15, 0.2) is 25.2 Å². The molecular weight excluding hydrogens is 742 g/mol. The second-order valence-corrected chi connectivity index (χ2v) is 14.5. The Labute approximate surface area is 318 Å². The number of aliphatic hydroxyl groups excluding tert-OH is 11. The normalized spacial score (nSPS) is 45.3. The summed E-state index contributed by atoms with van der Waals surface area (Å²) in [5.41, 5.74) is 0. The predicted octanol–water partition coefficient (Wildman–Crippen LogP) is -5.19. The van der Waals surface area contributed by atoms with Crippen molar-refractivity contribution in [3.63, 3.8) is 0 Å². The zero-order valence-corrected chi connectivity index (χ0v) is 31.2. The Morgan fingerprint density at radius 2 is 1.05 bits per heavy atom. The smallest absolute Gasteiger partial charge is 0.217 e. The molecule has 12 N–H and O–H groups in total. The summed E-state index contributed by atoms with van der Waals surface area (Å²) in [6.45, 7) is 2.34. The summed E-state index contributed by atoms with van der Waals surface area (Å²) in [7, 11) is 0. The number of hydrogen-bond donors (Lipinski definition) is 12. The van der Waals surface area contributed by atoms with Crippen molar-refractivity contribution in [2.45, 2.75) is 182 Å². The fourth-order valence-corrected chi connectivity index (χ4v) is 7.06. The minimum atomic E-state index is -2.00. The van der Waals surface area contributed by atoms with E-state index in [1.807, 2.05) is 0 Å². The third kappa shape index (κ3) is 11.3. The average molecular weight is 804 g/mol. The Hall–Kier alpha value is -1.29. The summed E-state index contributed by atoms with van der Waals surface area (Å²) in [5.74, 6) is -0.673. The van der Waals surface area contributed by atoms with Gasteiger partial charge in [-0.05, 0) is 13.3 Å². The number of amides is 1. The van der Waals surface area contributed by atoms with E-state index in [4.69, 9.17) is 37.9 Å². The van der Waals surface area contributed by atoms with Gasteiger partial charge in [0.05, 0.1) is 25.9 Å². The van der Waals surface area contributed by atoms with Crippen molar-refractivity contribution in [3.05, 3.63) is 0 Å². The highest BCUT2D eigenvalue weighted by molar-refractivity contribution is 5.73. The van der Waals surface area contributed by atoms with Crippen LogP contribution in [-0.4, -0.2) is 211 Å². The summed E-state index contributed by atoms with van der Waals surface area (Å²) < 4.78 is 46.9. The monoisotopic (exact) mass is 803 g/mol. The fraction of sp³-hybridized carbons (Fsp3) is 0.971. The second-order valence-electron chi connectivity index (χ2n) is 14.5. The molecule has 55 heavy (non-hydrogen) atoms. The van der Waals surface area contributed by atoms with Crippen molar-refractivity contribution < 1.29 is 98.9 Å². The number of aliphatic hydroxyl groups is 11. The molecule has 4 saturated heterocycles. The fourth-order valence-electron chi connectivity index (χ4n) is 7.06. The van der Waals surface area contributed by atoms with E-state index in [0.29, 0.717) is 6.42 Å². The van der Waals surface area contributed by atoms with Gasteiger partial charge in [-0.3, -0.25) is 4.79 Å². The summed E-state index contributed by atoms with van der Waals surface area (Å²) in [5, 5.41) is 119. The molecule has 0 bridgehead atoms. The lowest BCUT2D eigenvalue weighted by Gasteiger charge is -2.50. The summed E-state index contributed by atoms with van der Waals surface area (Å²) in [4.78, 5) is 12.0. The minimum absolute atomic E-state index is 0.118. The van der Waals surface area contributed by atoms with Gasteiger partial charge in [-0.15, -0.1) is 0 Å². The van der Waals surface area contributed by atoms with Gasteiger partial charge in [-0.1, -0.05) is 39.0 Å². The molecule has 0 saturated carbocycles. The quantitative estimate of drug-likeness (QED) is 0.0576. The lowest BCUT2D eigenvalue weighted by molar-refractivity contribution is -0.396. The molecule has 4 aliphatic rings. The van der Waals surface area contributed by atoms with E-state index in [1.54, 1.807) is 0 Å². The van der Waals surface area contributed by atoms with Crippen LogP contribution in [0.2, 0.25) is 0 Å². The van der Waals surface area contributed by atoms with Crippen molar-refractivity contribution in [1.82, 2.24) is 5.32 Å². The van der Waals surface area contributed by atoms with Gasteiger partial charge in [-0.25, -0.2) is 0 Å². The van der Waals surface area contributed by atoms with Crippen LogP contribution < -0.4 is 5.32 Å². The topological polar surface area (TPSA) is 325 Å². The van der Waals surface area contributed by atoms with Crippen LogP contribution in [0.1, 0.15) is 59.3 Å². The number of nitrogens with one attached hydrogen (secondary N) is 1. The number of unbranched alkanes of at least 4 members (excludes halogenated alkanes) is 5. The van der Waals surface area contributed by atoms with E-state index in [0.717, 1.165) is 39.0 Å². The Morgan fingerprint density at radius 3 is 1.67 bits per heavy atom. The lowest BCUT2D eigenvalue weighted by Crippen LogP contribution is -2.69. The maximum absolute atomic E-state index is 12.0.